The molecule has 2 amide bonds. The van der Waals surface area contributed by atoms with E-state index in [0.29, 0.717) is 5.56 Å². The van der Waals surface area contributed by atoms with Crippen LogP contribution in [-0.2, 0) is 14.3 Å². The summed E-state index contributed by atoms with van der Waals surface area (Å²) < 4.78 is 5.00. The van der Waals surface area contributed by atoms with Crippen molar-refractivity contribution >= 4 is 29.5 Å². The fourth-order valence-electron chi connectivity index (χ4n) is 1.81. The van der Waals surface area contributed by atoms with Crippen molar-refractivity contribution in [1.29, 1.82) is 0 Å². The predicted molar refractivity (Wildman–Crippen MR) is 94.0 cm³/mol. The number of hydrogen-bond donors (Lipinski definition) is 1. The Morgan fingerprint density at radius 1 is 1.17 bits per heavy atom. The second-order valence-electron chi connectivity index (χ2n) is 6.35. The lowest BCUT2D eigenvalue weighted by Crippen LogP contribution is -2.46. The van der Waals surface area contributed by atoms with Gasteiger partial charge >= 0.3 is 5.97 Å². The number of benzene rings is 1. The lowest BCUT2D eigenvalue weighted by Gasteiger charge is -2.23. The summed E-state index contributed by atoms with van der Waals surface area (Å²) in [7, 11) is 1.49. The van der Waals surface area contributed by atoms with E-state index in [-0.39, 0.29) is 18.0 Å². The molecule has 0 bridgehead atoms. The molecule has 0 atom stereocenters. The number of likely N-dealkylation sites (N-methyl/N-ethyl adjacent to an activating group) is 1. The minimum atomic E-state index is -0.566. The van der Waals surface area contributed by atoms with Crippen LogP contribution in [0, 0.1) is 0 Å². The van der Waals surface area contributed by atoms with Gasteiger partial charge in [0.05, 0.1) is 12.1 Å². The Balaban J connectivity index is 2.46. The molecule has 0 fully saturated rings. The molecule has 1 rings (SSSR count). The van der Waals surface area contributed by atoms with Gasteiger partial charge in [-0.3, -0.25) is 9.59 Å². The van der Waals surface area contributed by atoms with Crippen molar-refractivity contribution in [2.45, 2.75) is 31.2 Å². The molecule has 7 heteroatoms. The molecule has 0 spiro atoms. The first-order valence-corrected chi connectivity index (χ1v) is 8.71. The maximum atomic E-state index is 11.9. The van der Waals surface area contributed by atoms with Gasteiger partial charge in [-0.1, -0.05) is 0 Å². The van der Waals surface area contributed by atoms with Gasteiger partial charge in [-0.25, -0.2) is 4.79 Å². The first-order valence-electron chi connectivity index (χ1n) is 7.48. The summed E-state index contributed by atoms with van der Waals surface area (Å²) in [5.41, 5.74) is 0.0184. The quantitative estimate of drug-likeness (QED) is 0.625. The van der Waals surface area contributed by atoms with Gasteiger partial charge < -0.3 is 15.0 Å². The Morgan fingerprint density at radius 3 is 2.25 bits per heavy atom. The van der Waals surface area contributed by atoms with Gasteiger partial charge in [-0.2, -0.15) is 0 Å². The normalized spacial score (nSPS) is 10.9. The highest BCUT2D eigenvalue weighted by Crippen LogP contribution is 2.15. The third-order valence-corrected chi connectivity index (χ3v) is 3.72. The number of rotatable bonds is 6. The van der Waals surface area contributed by atoms with E-state index in [1.54, 1.807) is 23.9 Å². The predicted octanol–water partition coefficient (Wildman–Crippen LogP) is 1.94. The van der Waals surface area contributed by atoms with Crippen LogP contribution in [0.3, 0.4) is 0 Å². The van der Waals surface area contributed by atoms with Gasteiger partial charge in [0, 0.05) is 17.5 Å². The molecule has 0 unspecified atom stereocenters. The summed E-state index contributed by atoms with van der Waals surface area (Å²) in [6.45, 7) is 5.09. The zero-order valence-corrected chi connectivity index (χ0v) is 15.5. The van der Waals surface area contributed by atoms with Gasteiger partial charge in [0.25, 0.3) is 5.91 Å². The van der Waals surface area contributed by atoms with E-state index in [9.17, 15) is 14.4 Å². The average molecular weight is 352 g/mol. The van der Waals surface area contributed by atoms with Crippen molar-refractivity contribution in [3.05, 3.63) is 29.8 Å². The van der Waals surface area contributed by atoms with Crippen LogP contribution in [0.5, 0.6) is 0 Å². The molecule has 24 heavy (non-hydrogen) atoms. The number of ether oxygens (including phenoxy) is 1. The van der Waals surface area contributed by atoms with Gasteiger partial charge in [-0.15, -0.1) is 11.8 Å². The summed E-state index contributed by atoms with van der Waals surface area (Å²) in [4.78, 5) is 37.9. The van der Waals surface area contributed by atoms with Gasteiger partial charge in [-0.05, 0) is 51.3 Å². The summed E-state index contributed by atoms with van der Waals surface area (Å²) in [5, 5.41) is 2.76. The van der Waals surface area contributed by atoms with Crippen LogP contribution in [0.2, 0.25) is 0 Å². The van der Waals surface area contributed by atoms with Gasteiger partial charge in [0.2, 0.25) is 5.91 Å². The van der Waals surface area contributed by atoms with Gasteiger partial charge in [0.1, 0.15) is 0 Å². The van der Waals surface area contributed by atoms with Crippen molar-refractivity contribution in [1.82, 2.24) is 10.2 Å². The highest BCUT2D eigenvalue weighted by Gasteiger charge is 2.19. The number of amides is 2. The summed E-state index contributed by atoms with van der Waals surface area (Å²) in [5.74, 6) is -1.27. The Hall–Kier alpha value is -2.02. The van der Waals surface area contributed by atoms with Crippen molar-refractivity contribution in [2.24, 2.45) is 0 Å². The molecule has 0 aliphatic carbocycles. The number of nitrogens with zero attached hydrogens (tertiary/aromatic N) is 1. The minimum absolute atomic E-state index is 0.0872. The standard InChI is InChI=1S/C17H24N2O4S/c1-17(2,3)18-14(20)10-19(4)15(21)11-23-16(22)12-6-8-13(24-5)9-7-12/h6-9H,10-11H2,1-5H3,(H,18,20). The molecule has 132 valence electrons. The second kappa shape index (κ2) is 8.73. The lowest BCUT2D eigenvalue weighted by atomic mass is 10.1. The number of carbonyl (C=O) groups is 3. The Bertz CT molecular complexity index is 594. The lowest BCUT2D eigenvalue weighted by molar-refractivity contribution is -0.137. The molecule has 0 aliphatic heterocycles. The van der Waals surface area contributed by atoms with Crippen LogP contribution in [0.1, 0.15) is 31.1 Å². The largest absolute Gasteiger partial charge is 0.452 e. The van der Waals surface area contributed by atoms with Crippen LogP contribution in [0.15, 0.2) is 29.2 Å². The molecule has 0 saturated heterocycles. The third kappa shape index (κ3) is 7.04. The number of thioether (sulfide) groups is 1. The molecule has 1 aromatic carbocycles. The van der Waals surface area contributed by atoms with Crippen LogP contribution in [-0.4, -0.2) is 54.7 Å². The first-order chi connectivity index (χ1) is 11.1. The SMILES string of the molecule is CSc1ccc(C(=O)OCC(=O)N(C)CC(=O)NC(C)(C)C)cc1. The monoisotopic (exact) mass is 352 g/mol. The van der Waals surface area contributed by atoms with Crippen LogP contribution < -0.4 is 5.32 Å². The minimum Gasteiger partial charge on any atom is -0.452 e. The molecule has 0 saturated carbocycles. The fourth-order valence-corrected chi connectivity index (χ4v) is 2.22. The molecule has 6 nitrogen and oxygen atoms in total. The molecular weight excluding hydrogens is 328 g/mol. The van der Waals surface area contributed by atoms with Crippen molar-refractivity contribution < 1.29 is 19.1 Å². The maximum absolute atomic E-state index is 11.9. The topological polar surface area (TPSA) is 75.7 Å². The number of esters is 1. The average Bonchev–Trinajstić information content (AvgIpc) is 2.50. The van der Waals surface area contributed by atoms with Gasteiger partial charge in [0.15, 0.2) is 6.61 Å². The molecule has 0 aliphatic rings. The second-order valence-corrected chi connectivity index (χ2v) is 7.23. The number of hydrogen-bond acceptors (Lipinski definition) is 5. The Kier molecular flexibility index (Phi) is 7.28. The molecule has 0 heterocycles. The highest BCUT2D eigenvalue weighted by atomic mass is 32.2. The summed E-state index contributed by atoms with van der Waals surface area (Å²) in [6.07, 6.45) is 1.94. The van der Waals surface area contributed by atoms with Crippen molar-refractivity contribution in [2.75, 3.05) is 26.5 Å². The van der Waals surface area contributed by atoms with E-state index in [4.69, 9.17) is 4.74 Å². The number of carbonyl (C=O) groups excluding carboxylic acids is 3. The highest BCUT2D eigenvalue weighted by molar-refractivity contribution is 7.98. The molecule has 1 N–H and O–H groups in total. The van der Waals surface area contributed by atoms with Crippen LogP contribution in [0.25, 0.3) is 0 Å². The fraction of sp³-hybridized carbons (Fsp3) is 0.471. The van der Waals surface area contributed by atoms with E-state index < -0.39 is 18.5 Å². The number of nitrogens with one attached hydrogen (secondary N) is 1. The molecule has 0 aromatic heterocycles. The van der Waals surface area contributed by atoms with Crippen LogP contribution >= 0.6 is 11.8 Å². The van der Waals surface area contributed by atoms with Crippen molar-refractivity contribution in [3.8, 4) is 0 Å². The Labute approximate surface area is 146 Å². The Morgan fingerprint density at radius 2 is 1.75 bits per heavy atom. The summed E-state index contributed by atoms with van der Waals surface area (Å²) in [6, 6.07) is 6.93. The first kappa shape index (κ1) is 20.0. The summed E-state index contributed by atoms with van der Waals surface area (Å²) >= 11 is 1.57. The maximum Gasteiger partial charge on any atom is 0.338 e. The zero-order valence-electron chi connectivity index (χ0n) is 14.7. The van der Waals surface area contributed by atoms with E-state index in [2.05, 4.69) is 5.32 Å². The van der Waals surface area contributed by atoms with E-state index in [0.717, 1.165) is 4.90 Å². The third-order valence-electron chi connectivity index (χ3n) is 2.97. The zero-order chi connectivity index (χ0) is 18.3. The molecular formula is C17H24N2O4S. The van der Waals surface area contributed by atoms with Crippen molar-refractivity contribution in [3.63, 3.8) is 0 Å². The smallest absolute Gasteiger partial charge is 0.338 e. The van der Waals surface area contributed by atoms with E-state index in [1.165, 1.54) is 11.9 Å². The van der Waals surface area contributed by atoms with E-state index in [1.807, 2.05) is 39.2 Å². The molecule has 0 radical (unpaired) electrons. The molecule has 1 aromatic rings. The van der Waals surface area contributed by atoms with E-state index >= 15 is 0 Å². The van der Waals surface area contributed by atoms with Crippen LogP contribution in [0.4, 0.5) is 0 Å².